The Morgan fingerprint density at radius 1 is 1.21 bits per heavy atom. The van der Waals surface area contributed by atoms with Gasteiger partial charge in [-0.15, -0.1) is 0 Å². The number of benzene rings is 2. The van der Waals surface area contributed by atoms with Crippen LogP contribution in [0.1, 0.15) is 10.4 Å². The van der Waals surface area contributed by atoms with E-state index in [1.54, 1.807) is 18.2 Å². The van der Waals surface area contributed by atoms with Crippen LogP contribution in [0.25, 0.3) is 0 Å². The highest BCUT2D eigenvalue weighted by Crippen LogP contribution is 2.27. The summed E-state index contributed by atoms with van der Waals surface area (Å²) in [6.45, 7) is 0. The average Bonchev–Trinajstić information content (AvgIpc) is 2.37. The van der Waals surface area contributed by atoms with Gasteiger partial charge in [0.2, 0.25) is 0 Å². The molecule has 0 fully saturated rings. The summed E-state index contributed by atoms with van der Waals surface area (Å²) in [4.78, 5) is 12.0. The molecule has 2 rings (SSSR count). The van der Waals surface area contributed by atoms with E-state index < -0.39 is 11.7 Å². The van der Waals surface area contributed by atoms with Gasteiger partial charge in [0.25, 0.3) is 5.91 Å². The molecule has 0 radical (unpaired) electrons. The number of carbonyl (C=O) groups is 1. The van der Waals surface area contributed by atoms with Gasteiger partial charge in [0.05, 0.1) is 16.3 Å². The number of amides is 1. The molecule has 0 saturated heterocycles. The summed E-state index contributed by atoms with van der Waals surface area (Å²) in [5.74, 6) is -1.34. The first-order chi connectivity index (χ1) is 8.99. The maximum atomic E-state index is 13.7. The molecule has 0 aliphatic heterocycles. The summed E-state index contributed by atoms with van der Waals surface area (Å²) < 4.78 is 14.4. The lowest BCUT2D eigenvalue weighted by atomic mass is 10.2. The van der Waals surface area contributed by atoms with Crippen molar-refractivity contribution < 1.29 is 9.18 Å². The molecule has 1 N–H and O–H groups in total. The van der Waals surface area contributed by atoms with Crippen molar-refractivity contribution in [3.8, 4) is 0 Å². The van der Waals surface area contributed by atoms with Gasteiger partial charge in [-0.2, -0.15) is 0 Å². The normalized spacial score (nSPS) is 10.3. The van der Waals surface area contributed by atoms with E-state index in [0.29, 0.717) is 15.2 Å². The molecule has 2 aromatic carbocycles. The fourth-order valence-corrected chi connectivity index (χ4v) is 2.15. The zero-order valence-corrected chi connectivity index (χ0v) is 12.5. The van der Waals surface area contributed by atoms with Gasteiger partial charge in [-0.05, 0) is 46.3 Å². The molecular formula is C13H7BrCl2FNO. The van der Waals surface area contributed by atoms with Gasteiger partial charge in [0.1, 0.15) is 0 Å². The Balaban J connectivity index is 2.31. The Morgan fingerprint density at radius 3 is 2.68 bits per heavy atom. The Morgan fingerprint density at radius 2 is 1.95 bits per heavy atom. The number of rotatable bonds is 2. The molecule has 1 amide bonds. The van der Waals surface area contributed by atoms with Crippen molar-refractivity contribution in [3.05, 3.63) is 62.3 Å². The standard InChI is InChI=1S/C13H7BrCl2FNO/c14-9-5-4-7(15)6-11(9)18-13(19)8-2-1-3-10(16)12(8)17/h1-6H,(H,18,19). The van der Waals surface area contributed by atoms with Gasteiger partial charge < -0.3 is 5.32 Å². The molecule has 0 bridgehead atoms. The third kappa shape index (κ3) is 3.26. The van der Waals surface area contributed by atoms with Gasteiger partial charge in [-0.3, -0.25) is 4.79 Å². The van der Waals surface area contributed by atoms with Crippen LogP contribution in [0.3, 0.4) is 0 Å². The van der Waals surface area contributed by atoms with Gasteiger partial charge in [-0.1, -0.05) is 29.3 Å². The van der Waals surface area contributed by atoms with E-state index in [-0.39, 0.29) is 10.6 Å². The number of hydrogen-bond donors (Lipinski definition) is 1. The van der Waals surface area contributed by atoms with E-state index in [0.717, 1.165) is 0 Å². The van der Waals surface area contributed by atoms with Crippen LogP contribution in [0.4, 0.5) is 10.1 Å². The van der Waals surface area contributed by atoms with Crippen molar-refractivity contribution in [2.75, 3.05) is 5.32 Å². The third-order valence-corrected chi connectivity index (χ3v) is 3.59. The minimum atomic E-state index is -0.750. The molecule has 0 aromatic heterocycles. The summed E-state index contributed by atoms with van der Waals surface area (Å²) in [6.07, 6.45) is 0. The largest absolute Gasteiger partial charge is 0.321 e. The lowest BCUT2D eigenvalue weighted by Gasteiger charge is -2.09. The van der Waals surface area contributed by atoms with E-state index in [9.17, 15) is 9.18 Å². The lowest BCUT2D eigenvalue weighted by Crippen LogP contribution is -2.14. The van der Waals surface area contributed by atoms with Crippen LogP contribution in [0.2, 0.25) is 10.0 Å². The molecule has 19 heavy (non-hydrogen) atoms. The quantitative estimate of drug-likeness (QED) is 0.786. The number of carbonyl (C=O) groups excluding carboxylic acids is 1. The van der Waals surface area contributed by atoms with Gasteiger partial charge in [0.15, 0.2) is 5.82 Å². The van der Waals surface area contributed by atoms with Crippen LogP contribution < -0.4 is 5.32 Å². The topological polar surface area (TPSA) is 29.1 Å². The van der Waals surface area contributed by atoms with Gasteiger partial charge >= 0.3 is 0 Å². The minimum Gasteiger partial charge on any atom is -0.321 e. The third-order valence-electron chi connectivity index (χ3n) is 2.37. The monoisotopic (exact) mass is 361 g/mol. The highest BCUT2D eigenvalue weighted by atomic mass is 79.9. The van der Waals surface area contributed by atoms with Crippen LogP contribution >= 0.6 is 39.1 Å². The lowest BCUT2D eigenvalue weighted by molar-refractivity contribution is 0.102. The van der Waals surface area contributed by atoms with Crippen molar-refractivity contribution >= 4 is 50.7 Å². The Kier molecular flexibility index (Phi) is 4.45. The molecule has 0 spiro atoms. The van der Waals surface area contributed by atoms with Crippen LogP contribution in [0.5, 0.6) is 0 Å². The maximum absolute atomic E-state index is 13.7. The van der Waals surface area contributed by atoms with Crippen LogP contribution in [0.15, 0.2) is 40.9 Å². The molecule has 0 aliphatic rings. The summed E-state index contributed by atoms with van der Waals surface area (Å²) >= 11 is 14.7. The molecule has 0 saturated carbocycles. The maximum Gasteiger partial charge on any atom is 0.258 e. The van der Waals surface area contributed by atoms with Crippen molar-refractivity contribution in [2.24, 2.45) is 0 Å². The van der Waals surface area contributed by atoms with Gasteiger partial charge in [-0.25, -0.2) is 4.39 Å². The predicted octanol–water partition coefficient (Wildman–Crippen LogP) is 5.15. The number of nitrogens with one attached hydrogen (secondary N) is 1. The van der Waals surface area contributed by atoms with E-state index in [1.165, 1.54) is 18.2 Å². The van der Waals surface area contributed by atoms with Crippen molar-refractivity contribution in [1.29, 1.82) is 0 Å². The Bertz CT molecular complexity index is 649. The first-order valence-electron chi connectivity index (χ1n) is 5.19. The fourth-order valence-electron chi connectivity index (χ4n) is 1.46. The molecule has 2 aromatic rings. The zero-order valence-electron chi connectivity index (χ0n) is 9.38. The number of anilines is 1. The Labute approximate surface area is 127 Å². The minimum absolute atomic E-state index is 0.0993. The second-order valence-electron chi connectivity index (χ2n) is 3.68. The van der Waals surface area contributed by atoms with Crippen molar-refractivity contribution in [1.82, 2.24) is 0 Å². The van der Waals surface area contributed by atoms with Crippen LogP contribution in [0, 0.1) is 5.82 Å². The molecule has 0 atom stereocenters. The molecule has 0 aliphatic carbocycles. The first kappa shape index (κ1) is 14.3. The van der Waals surface area contributed by atoms with E-state index in [2.05, 4.69) is 21.2 Å². The molecule has 6 heteroatoms. The van der Waals surface area contributed by atoms with E-state index in [4.69, 9.17) is 23.2 Å². The van der Waals surface area contributed by atoms with Crippen LogP contribution in [-0.2, 0) is 0 Å². The summed E-state index contributed by atoms with van der Waals surface area (Å²) in [7, 11) is 0. The van der Waals surface area contributed by atoms with Crippen LogP contribution in [-0.4, -0.2) is 5.91 Å². The molecule has 0 unspecified atom stereocenters. The highest BCUT2D eigenvalue weighted by Gasteiger charge is 2.15. The molecular weight excluding hydrogens is 356 g/mol. The fraction of sp³-hybridized carbons (Fsp3) is 0. The predicted molar refractivity (Wildman–Crippen MR) is 78.5 cm³/mol. The van der Waals surface area contributed by atoms with E-state index >= 15 is 0 Å². The van der Waals surface area contributed by atoms with Gasteiger partial charge in [0, 0.05) is 9.50 Å². The SMILES string of the molecule is O=C(Nc1cc(Cl)ccc1Br)c1cccc(Cl)c1F. The van der Waals surface area contributed by atoms with Crippen molar-refractivity contribution in [3.63, 3.8) is 0 Å². The average molecular weight is 363 g/mol. The zero-order chi connectivity index (χ0) is 14.0. The number of hydrogen-bond acceptors (Lipinski definition) is 1. The molecule has 0 heterocycles. The summed E-state index contributed by atoms with van der Waals surface area (Å²) in [5, 5.41) is 2.93. The number of halogens is 4. The summed E-state index contributed by atoms with van der Waals surface area (Å²) in [5.41, 5.74) is 0.330. The second-order valence-corrected chi connectivity index (χ2v) is 5.38. The van der Waals surface area contributed by atoms with E-state index in [1.807, 2.05) is 0 Å². The smallest absolute Gasteiger partial charge is 0.258 e. The molecule has 98 valence electrons. The highest BCUT2D eigenvalue weighted by molar-refractivity contribution is 9.10. The Hall–Kier alpha value is -1.10. The molecule has 2 nitrogen and oxygen atoms in total. The van der Waals surface area contributed by atoms with Crippen molar-refractivity contribution in [2.45, 2.75) is 0 Å². The first-order valence-corrected chi connectivity index (χ1v) is 6.74. The second kappa shape index (κ2) is 5.90. The summed E-state index contributed by atoms with van der Waals surface area (Å²) in [6, 6.07) is 9.16.